The van der Waals surface area contributed by atoms with Crippen LogP contribution in [0.15, 0.2) is 64.6 Å². The highest BCUT2D eigenvalue weighted by Crippen LogP contribution is 2.56. The largest absolute Gasteiger partial charge is 0.490 e. The fraction of sp³-hybridized carbons (Fsp3) is 0.333. The molecule has 11 heteroatoms. The van der Waals surface area contributed by atoms with E-state index in [1.54, 1.807) is 12.3 Å². The van der Waals surface area contributed by atoms with Crippen molar-refractivity contribution in [1.82, 2.24) is 10.2 Å². The van der Waals surface area contributed by atoms with Gasteiger partial charge in [0.05, 0.1) is 23.2 Å². The Morgan fingerprint density at radius 1 is 1.11 bits per heavy atom. The SMILES string of the molecule is O=S(=O)(c1ccc(Cl)cc1)[C@@]12CCO[C@@H](CCSc3cccnn3)[C@@H]1COc1c(F)ccc(F)c12. The predicted octanol–water partition coefficient (Wildman–Crippen LogP) is 5.06. The molecule has 2 aromatic carbocycles. The van der Waals surface area contributed by atoms with Gasteiger partial charge in [0, 0.05) is 29.5 Å². The van der Waals surface area contributed by atoms with Gasteiger partial charge in [-0.15, -0.1) is 16.9 Å². The summed E-state index contributed by atoms with van der Waals surface area (Å²) in [6.45, 7) is -0.0557. The fourth-order valence-electron chi connectivity index (χ4n) is 4.98. The van der Waals surface area contributed by atoms with Crippen molar-refractivity contribution in [3.63, 3.8) is 0 Å². The summed E-state index contributed by atoms with van der Waals surface area (Å²) >= 11 is 7.44. The number of nitrogens with zero attached hydrogens (tertiary/aromatic N) is 2. The molecule has 2 aliphatic rings. The standard InChI is InChI=1S/C24H21ClF2N2O4S2/c25-15-3-5-16(6-4-15)35(30,31)24-10-12-32-20(9-13-34-21-2-1-11-28-29-21)17(24)14-33-23-19(27)8-7-18(26)22(23)24/h1-8,11,17,20H,9-10,12-14H2/t17-,20-,24-/m0/s1. The molecule has 0 radical (unpaired) electrons. The van der Waals surface area contributed by atoms with Crippen LogP contribution in [0.25, 0.3) is 0 Å². The zero-order valence-electron chi connectivity index (χ0n) is 18.4. The van der Waals surface area contributed by atoms with Crippen molar-refractivity contribution in [2.75, 3.05) is 19.0 Å². The van der Waals surface area contributed by atoms with Crippen LogP contribution >= 0.6 is 23.4 Å². The molecule has 0 saturated carbocycles. The number of ether oxygens (including phenoxy) is 2. The van der Waals surface area contributed by atoms with E-state index in [0.717, 1.165) is 17.2 Å². The minimum Gasteiger partial charge on any atom is -0.490 e. The third-order valence-corrected chi connectivity index (χ3v) is 10.3. The third kappa shape index (κ3) is 4.20. The summed E-state index contributed by atoms with van der Waals surface area (Å²) in [6, 6.07) is 11.2. The molecule has 0 unspecified atom stereocenters. The van der Waals surface area contributed by atoms with Crippen LogP contribution in [-0.2, 0) is 19.3 Å². The Kier molecular flexibility index (Phi) is 6.73. The van der Waals surface area contributed by atoms with Crippen LogP contribution in [0, 0.1) is 17.6 Å². The van der Waals surface area contributed by atoms with Crippen molar-refractivity contribution in [2.45, 2.75) is 33.6 Å². The van der Waals surface area contributed by atoms with Gasteiger partial charge < -0.3 is 9.47 Å². The van der Waals surface area contributed by atoms with Crippen molar-refractivity contribution in [3.05, 3.63) is 76.9 Å². The van der Waals surface area contributed by atoms with Gasteiger partial charge in [-0.2, -0.15) is 5.10 Å². The second-order valence-electron chi connectivity index (χ2n) is 8.36. The van der Waals surface area contributed by atoms with Crippen LogP contribution in [0.2, 0.25) is 5.02 Å². The Hall–Kier alpha value is -2.27. The summed E-state index contributed by atoms with van der Waals surface area (Å²) in [4.78, 5) is -0.0157. The molecule has 2 aliphatic heterocycles. The molecule has 184 valence electrons. The number of halogens is 3. The maximum absolute atomic E-state index is 15.4. The summed E-state index contributed by atoms with van der Waals surface area (Å²) in [5, 5.41) is 8.99. The van der Waals surface area contributed by atoms with E-state index in [0.29, 0.717) is 17.2 Å². The summed E-state index contributed by atoms with van der Waals surface area (Å²) in [5.74, 6) is -2.17. The van der Waals surface area contributed by atoms with Gasteiger partial charge in [-0.1, -0.05) is 11.6 Å². The van der Waals surface area contributed by atoms with Gasteiger partial charge >= 0.3 is 0 Å². The molecule has 5 rings (SSSR count). The zero-order chi connectivity index (χ0) is 24.6. The molecule has 0 N–H and O–H groups in total. The number of fused-ring (bicyclic) bond motifs is 3. The van der Waals surface area contributed by atoms with Crippen LogP contribution in [0.4, 0.5) is 8.78 Å². The third-order valence-electron chi connectivity index (χ3n) is 6.55. The van der Waals surface area contributed by atoms with Crippen LogP contribution < -0.4 is 4.74 Å². The lowest BCUT2D eigenvalue weighted by atomic mass is 9.75. The van der Waals surface area contributed by atoms with Crippen LogP contribution in [0.5, 0.6) is 5.75 Å². The summed E-state index contributed by atoms with van der Waals surface area (Å²) in [5.41, 5.74) is -0.265. The quantitative estimate of drug-likeness (QED) is 0.406. The predicted molar refractivity (Wildman–Crippen MR) is 127 cm³/mol. The molecule has 1 saturated heterocycles. The van der Waals surface area contributed by atoms with E-state index < -0.39 is 38.2 Å². The first-order chi connectivity index (χ1) is 16.8. The minimum absolute atomic E-state index is 0.0157. The lowest BCUT2D eigenvalue weighted by Gasteiger charge is -2.50. The van der Waals surface area contributed by atoms with Gasteiger partial charge in [0.2, 0.25) is 0 Å². The minimum atomic E-state index is -4.22. The van der Waals surface area contributed by atoms with Crippen LogP contribution in [0.3, 0.4) is 0 Å². The lowest BCUT2D eigenvalue weighted by molar-refractivity contribution is -0.0731. The lowest BCUT2D eigenvalue weighted by Crippen LogP contribution is -2.57. The van der Waals surface area contributed by atoms with Crippen molar-refractivity contribution in [3.8, 4) is 5.75 Å². The summed E-state index contributed by atoms with van der Waals surface area (Å²) < 4.78 is 68.6. The van der Waals surface area contributed by atoms with Crippen LogP contribution in [-0.4, -0.2) is 43.7 Å². The molecule has 6 nitrogen and oxygen atoms in total. The first-order valence-corrected chi connectivity index (χ1v) is 13.8. The molecule has 0 amide bonds. The highest BCUT2D eigenvalue weighted by molar-refractivity contribution is 7.99. The Bertz CT molecular complexity index is 1330. The van der Waals surface area contributed by atoms with E-state index in [4.69, 9.17) is 21.1 Å². The average molecular weight is 539 g/mol. The maximum Gasteiger partial charge on any atom is 0.189 e. The Labute approximate surface area is 210 Å². The molecule has 3 atom stereocenters. The van der Waals surface area contributed by atoms with Gasteiger partial charge in [-0.25, -0.2) is 17.2 Å². The monoisotopic (exact) mass is 538 g/mol. The van der Waals surface area contributed by atoms with Gasteiger partial charge in [0.25, 0.3) is 0 Å². The van der Waals surface area contributed by atoms with E-state index in [1.165, 1.54) is 36.0 Å². The van der Waals surface area contributed by atoms with Crippen molar-refractivity contribution >= 4 is 33.2 Å². The number of hydrogen-bond donors (Lipinski definition) is 0. The van der Waals surface area contributed by atoms with Gasteiger partial charge in [-0.3, -0.25) is 0 Å². The Balaban J connectivity index is 1.58. The van der Waals surface area contributed by atoms with E-state index in [1.807, 2.05) is 6.07 Å². The fourth-order valence-corrected chi connectivity index (χ4v) is 8.29. The Morgan fingerprint density at radius 2 is 1.89 bits per heavy atom. The number of benzene rings is 2. The number of rotatable bonds is 6. The molecular weight excluding hydrogens is 518 g/mol. The molecule has 1 aromatic heterocycles. The first kappa shape index (κ1) is 24.4. The molecular formula is C24H21ClF2N2O4S2. The highest BCUT2D eigenvalue weighted by atomic mass is 35.5. The maximum atomic E-state index is 15.4. The smallest absolute Gasteiger partial charge is 0.189 e. The van der Waals surface area contributed by atoms with E-state index >= 15 is 4.39 Å². The number of aromatic nitrogens is 2. The summed E-state index contributed by atoms with van der Waals surface area (Å²) in [7, 11) is -4.22. The van der Waals surface area contributed by atoms with Gasteiger partial charge in [0.1, 0.15) is 15.6 Å². The zero-order valence-corrected chi connectivity index (χ0v) is 20.8. The second-order valence-corrected chi connectivity index (χ2v) is 12.1. The molecule has 3 aromatic rings. The van der Waals surface area contributed by atoms with Gasteiger partial charge in [-0.05, 0) is 61.4 Å². The molecule has 0 aliphatic carbocycles. The second kappa shape index (κ2) is 9.65. The molecule has 0 spiro atoms. The van der Waals surface area contributed by atoms with E-state index in [9.17, 15) is 12.8 Å². The topological polar surface area (TPSA) is 78.4 Å². The number of thioether (sulfide) groups is 1. The van der Waals surface area contributed by atoms with Gasteiger partial charge in [0.15, 0.2) is 21.4 Å². The molecule has 1 fully saturated rings. The van der Waals surface area contributed by atoms with Crippen LogP contribution in [0.1, 0.15) is 18.4 Å². The van der Waals surface area contributed by atoms with Crippen molar-refractivity contribution < 1.29 is 26.7 Å². The number of sulfone groups is 1. The summed E-state index contributed by atoms with van der Waals surface area (Å²) in [6.07, 6.45) is 1.44. The molecule has 35 heavy (non-hydrogen) atoms. The van der Waals surface area contributed by atoms with E-state index in [-0.39, 0.29) is 35.8 Å². The Morgan fingerprint density at radius 3 is 2.63 bits per heavy atom. The van der Waals surface area contributed by atoms with Crippen molar-refractivity contribution in [2.24, 2.45) is 5.92 Å². The highest BCUT2D eigenvalue weighted by Gasteiger charge is 2.61. The average Bonchev–Trinajstić information content (AvgIpc) is 2.86. The van der Waals surface area contributed by atoms with E-state index in [2.05, 4.69) is 10.2 Å². The first-order valence-electron chi connectivity index (χ1n) is 11.0. The molecule has 3 heterocycles. The molecule has 0 bridgehead atoms. The normalized spacial score (nSPS) is 23.7. The number of hydrogen-bond acceptors (Lipinski definition) is 7. The van der Waals surface area contributed by atoms with Crippen molar-refractivity contribution in [1.29, 1.82) is 0 Å².